The highest BCUT2D eigenvalue weighted by Crippen LogP contribution is 2.25. The van der Waals surface area contributed by atoms with Crippen LogP contribution in [0.4, 0.5) is 0 Å². The third-order valence-electron chi connectivity index (χ3n) is 3.95. The van der Waals surface area contributed by atoms with Gasteiger partial charge in [-0.2, -0.15) is 0 Å². The van der Waals surface area contributed by atoms with E-state index in [-0.39, 0.29) is 30.9 Å². The molecule has 1 aliphatic rings. The van der Waals surface area contributed by atoms with E-state index >= 15 is 0 Å². The Bertz CT molecular complexity index is 588. The van der Waals surface area contributed by atoms with Crippen molar-refractivity contribution in [2.75, 3.05) is 20.1 Å². The first-order chi connectivity index (χ1) is 11.3. The number of likely N-dealkylation sites (tertiary alicyclic amines) is 1. The van der Waals surface area contributed by atoms with Crippen LogP contribution in [0.3, 0.4) is 0 Å². The molecule has 1 unspecified atom stereocenters. The highest BCUT2D eigenvalue weighted by molar-refractivity contribution is 5.94. The predicted octanol–water partition coefficient (Wildman–Crippen LogP) is 0.972. The minimum absolute atomic E-state index is 0.00725. The molecule has 2 amide bonds. The molecule has 2 heterocycles. The Morgan fingerprint density at radius 1 is 1.46 bits per heavy atom. The van der Waals surface area contributed by atoms with Gasteiger partial charge in [-0.25, -0.2) is 4.98 Å². The number of pyridine rings is 1. The number of β-amino-alcohol motifs (C(OH)–C–C–N with tert-alkyl or cyclic N) is 1. The maximum absolute atomic E-state index is 12.6. The fourth-order valence-corrected chi connectivity index (χ4v) is 2.82. The third kappa shape index (κ3) is 4.67. The Hall–Kier alpha value is -2.15. The zero-order chi connectivity index (χ0) is 17.7. The van der Waals surface area contributed by atoms with Crippen LogP contribution in [0.2, 0.25) is 0 Å². The molecule has 1 aromatic rings. The second kappa shape index (κ2) is 7.61. The summed E-state index contributed by atoms with van der Waals surface area (Å²) in [6, 6.07) is 3.33. The van der Waals surface area contributed by atoms with E-state index in [4.69, 9.17) is 4.74 Å². The Morgan fingerprint density at radius 2 is 2.21 bits per heavy atom. The Labute approximate surface area is 142 Å². The second-order valence-corrected chi connectivity index (χ2v) is 6.46. The van der Waals surface area contributed by atoms with Gasteiger partial charge in [-0.3, -0.25) is 9.59 Å². The van der Waals surface area contributed by atoms with Crippen molar-refractivity contribution < 1.29 is 19.4 Å². The molecule has 132 valence electrons. The molecule has 1 aromatic heterocycles. The number of piperidine rings is 1. The van der Waals surface area contributed by atoms with Gasteiger partial charge in [0.1, 0.15) is 0 Å². The summed E-state index contributed by atoms with van der Waals surface area (Å²) in [5.41, 5.74) is -0.738. The standard InChI is InChI=1S/C17H25N3O4/c1-12(2)24-15-6-5-13(10-19-15)16(22)20-8-4-7-17(23,11-20)9-14(21)18-3/h5-6,10,12,23H,4,7-9,11H2,1-3H3,(H,18,21). The third-order valence-corrected chi connectivity index (χ3v) is 3.95. The first kappa shape index (κ1) is 18.2. The lowest BCUT2D eigenvalue weighted by Gasteiger charge is -2.38. The number of aliphatic hydroxyl groups is 1. The van der Waals surface area contributed by atoms with Crippen LogP contribution in [0.5, 0.6) is 5.88 Å². The highest BCUT2D eigenvalue weighted by Gasteiger charge is 2.37. The molecule has 1 saturated heterocycles. The van der Waals surface area contributed by atoms with Gasteiger partial charge in [-0.15, -0.1) is 0 Å². The van der Waals surface area contributed by atoms with Crippen LogP contribution in [0.25, 0.3) is 0 Å². The highest BCUT2D eigenvalue weighted by atomic mass is 16.5. The Morgan fingerprint density at radius 3 is 2.79 bits per heavy atom. The van der Waals surface area contributed by atoms with Gasteiger partial charge in [0, 0.05) is 25.9 Å². The monoisotopic (exact) mass is 335 g/mol. The Balaban J connectivity index is 2.04. The van der Waals surface area contributed by atoms with Gasteiger partial charge >= 0.3 is 0 Å². The first-order valence-electron chi connectivity index (χ1n) is 8.18. The second-order valence-electron chi connectivity index (χ2n) is 6.46. The minimum Gasteiger partial charge on any atom is -0.475 e. The maximum atomic E-state index is 12.6. The van der Waals surface area contributed by atoms with Crippen LogP contribution < -0.4 is 10.1 Å². The molecule has 7 heteroatoms. The number of rotatable bonds is 5. The summed E-state index contributed by atoms with van der Waals surface area (Å²) in [5, 5.41) is 13.1. The number of carbonyl (C=O) groups excluding carboxylic acids is 2. The molecule has 0 aromatic carbocycles. The molecule has 1 fully saturated rings. The van der Waals surface area contributed by atoms with E-state index in [1.54, 1.807) is 17.0 Å². The minimum atomic E-state index is -1.18. The number of hydrogen-bond donors (Lipinski definition) is 2. The summed E-state index contributed by atoms with van der Waals surface area (Å²) < 4.78 is 5.46. The van der Waals surface area contributed by atoms with Gasteiger partial charge in [-0.1, -0.05) is 0 Å². The SMILES string of the molecule is CNC(=O)CC1(O)CCCN(C(=O)c2ccc(OC(C)C)nc2)C1. The van der Waals surface area contributed by atoms with E-state index in [9.17, 15) is 14.7 Å². The van der Waals surface area contributed by atoms with Gasteiger partial charge in [0.15, 0.2) is 0 Å². The lowest BCUT2D eigenvalue weighted by Crippen LogP contribution is -2.52. The van der Waals surface area contributed by atoms with Crippen molar-refractivity contribution in [3.8, 4) is 5.88 Å². The molecular formula is C17H25N3O4. The van der Waals surface area contributed by atoms with Gasteiger partial charge in [-0.05, 0) is 32.8 Å². The van der Waals surface area contributed by atoms with Crippen LogP contribution in [0, 0.1) is 0 Å². The van der Waals surface area contributed by atoms with Crippen LogP contribution >= 0.6 is 0 Å². The van der Waals surface area contributed by atoms with E-state index in [1.165, 1.54) is 13.2 Å². The molecule has 0 bridgehead atoms. The fourth-order valence-electron chi connectivity index (χ4n) is 2.82. The number of carbonyl (C=O) groups is 2. The van der Waals surface area contributed by atoms with Gasteiger partial charge in [0.25, 0.3) is 5.91 Å². The van der Waals surface area contributed by atoms with Gasteiger partial charge in [0.05, 0.1) is 30.2 Å². The Kier molecular flexibility index (Phi) is 5.77. The van der Waals surface area contributed by atoms with Crippen molar-refractivity contribution >= 4 is 11.8 Å². The average molecular weight is 335 g/mol. The maximum Gasteiger partial charge on any atom is 0.255 e. The van der Waals surface area contributed by atoms with E-state index in [1.807, 2.05) is 13.8 Å². The number of nitrogens with one attached hydrogen (secondary N) is 1. The first-order valence-corrected chi connectivity index (χ1v) is 8.18. The molecule has 0 spiro atoms. The van der Waals surface area contributed by atoms with Crippen molar-refractivity contribution in [2.24, 2.45) is 0 Å². The molecule has 1 atom stereocenters. The molecule has 2 rings (SSSR count). The van der Waals surface area contributed by atoms with Gasteiger partial charge in [0.2, 0.25) is 11.8 Å². The average Bonchev–Trinajstić information content (AvgIpc) is 2.54. The molecule has 1 aliphatic heterocycles. The van der Waals surface area contributed by atoms with Crippen LogP contribution in [-0.4, -0.2) is 58.6 Å². The summed E-state index contributed by atoms with van der Waals surface area (Å²) in [6.45, 7) is 4.51. The van der Waals surface area contributed by atoms with Crippen molar-refractivity contribution in [1.82, 2.24) is 15.2 Å². The van der Waals surface area contributed by atoms with E-state index in [2.05, 4.69) is 10.3 Å². The van der Waals surface area contributed by atoms with Crippen LogP contribution in [0.1, 0.15) is 43.5 Å². The molecule has 24 heavy (non-hydrogen) atoms. The van der Waals surface area contributed by atoms with E-state index in [0.717, 1.165) is 0 Å². The van der Waals surface area contributed by atoms with Crippen molar-refractivity contribution in [3.05, 3.63) is 23.9 Å². The summed E-state index contributed by atoms with van der Waals surface area (Å²) in [7, 11) is 1.53. The summed E-state index contributed by atoms with van der Waals surface area (Å²) in [5.74, 6) is 0.0357. The normalized spacial score (nSPS) is 20.8. The molecular weight excluding hydrogens is 310 g/mol. The zero-order valence-corrected chi connectivity index (χ0v) is 14.4. The lowest BCUT2D eigenvalue weighted by molar-refractivity contribution is -0.127. The number of hydrogen-bond acceptors (Lipinski definition) is 5. The number of ether oxygens (including phenoxy) is 1. The quantitative estimate of drug-likeness (QED) is 0.837. The van der Waals surface area contributed by atoms with Crippen molar-refractivity contribution in [3.63, 3.8) is 0 Å². The number of nitrogens with zero attached hydrogens (tertiary/aromatic N) is 2. The summed E-state index contributed by atoms with van der Waals surface area (Å²) in [4.78, 5) is 29.9. The van der Waals surface area contributed by atoms with Crippen molar-refractivity contribution in [2.45, 2.75) is 44.8 Å². The van der Waals surface area contributed by atoms with Crippen LogP contribution in [-0.2, 0) is 4.79 Å². The fraction of sp³-hybridized carbons (Fsp3) is 0.588. The molecule has 0 radical (unpaired) electrons. The molecule has 0 saturated carbocycles. The molecule has 7 nitrogen and oxygen atoms in total. The smallest absolute Gasteiger partial charge is 0.255 e. The topological polar surface area (TPSA) is 91.8 Å². The summed E-state index contributed by atoms with van der Waals surface area (Å²) >= 11 is 0. The lowest BCUT2D eigenvalue weighted by atomic mass is 9.89. The zero-order valence-electron chi connectivity index (χ0n) is 14.4. The van der Waals surface area contributed by atoms with E-state index in [0.29, 0.717) is 30.8 Å². The molecule has 0 aliphatic carbocycles. The van der Waals surface area contributed by atoms with E-state index < -0.39 is 5.60 Å². The number of amides is 2. The largest absolute Gasteiger partial charge is 0.475 e. The summed E-state index contributed by atoms with van der Waals surface area (Å²) in [6.07, 6.45) is 2.64. The van der Waals surface area contributed by atoms with Crippen LogP contribution in [0.15, 0.2) is 18.3 Å². The van der Waals surface area contributed by atoms with Gasteiger partial charge < -0.3 is 20.1 Å². The number of aromatic nitrogens is 1. The molecule has 2 N–H and O–H groups in total. The van der Waals surface area contributed by atoms with Crippen molar-refractivity contribution in [1.29, 1.82) is 0 Å². The predicted molar refractivity (Wildman–Crippen MR) is 88.8 cm³/mol.